The Labute approximate surface area is 259 Å². The highest BCUT2D eigenvalue weighted by Crippen LogP contribution is 2.48. The van der Waals surface area contributed by atoms with Crippen LogP contribution in [0.3, 0.4) is 0 Å². The number of anilines is 1. The number of halogens is 2. The molecule has 4 aliphatic rings. The zero-order chi connectivity index (χ0) is 32.1. The lowest BCUT2D eigenvalue weighted by Crippen LogP contribution is -2.57. The molecule has 0 radical (unpaired) electrons. The molecule has 1 spiro atoms. The van der Waals surface area contributed by atoms with Crippen LogP contribution >= 0.6 is 0 Å². The number of hydrogen-bond acceptors (Lipinski definition) is 6. The maximum absolute atomic E-state index is 14.7. The molecular formula is C33H35F2N5O5. The van der Waals surface area contributed by atoms with Crippen LogP contribution in [-0.4, -0.2) is 65.2 Å². The highest BCUT2D eigenvalue weighted by molar-refractivity contribution is 6.35. The second kappa shape index (κ2) is 11.4. The minimum absolute atomic E-state index is 0.0531. The number of carbonyl (C=O) groups is 4. The molecule has 45 heavy (non-hydrogen) atoms. The maximum Gasteiger partial charge on any atom is 0.312 e. The fourth-order valence-electron chi connectivity index (χ4n) is 6.93. The molecule has 236 valence electrons. The lowest BCUT2D eigenvalue weighted by Gasteiger charge is -2.35. The van der Waals surface area contributed by atoms with Crippen molar-refractivity contribution in [1.29, 1.82) is 5.26 Å². The summed E-state index contributed by atoms with van der Waals surface area (Å²) in [5, 5.41) is 15.7. The van der Waals surface area contributed by atoms with E-state index in [0.29, 0.717) is 49.3 Å². The minimum Gasteiger partial charge on any atom is -0.494 e. The van der Waals surface area contributed by atoms with Gasteiger partial charge in [-0.1, -0.05) is 19.9 Å². The molecular weight excluding hydrogens is 584 g/mol. The third-order valence-electron chi connectivity index (χ3n) is 9.40. The average Bonchev–Trinajstić information content (AvgIpc) is 3.57. The number of benzene rings is 2. The van der Waals surface area contributed by atoms with Gasteiger partial charge in [-0.05, 0) is 67.9 Å². The highest BCUT2D eigenvalue weighted by atomic mass is 19.1. The summed E-state index contributed by atoms with van der Waals surface area (Å²) in [6, 6.07) is 8.56. The third-order valence-corrected chi connectivity index (χ3v) is 9.40. The molecule has 1 aliphatic carbocycles. The normalized spacial score (nSPS) is 25.2. The molecule has 4 amide bonds. The van der Waals surface area contributed by atoms with E-state index in [9.17, 15) is 33.2 Å². The van der Waals surface area contributed by atoms with Crippen LogP contribution in [0.4, 0.5) is 14.5 Å². The van der Waals surface area contributed by atoms with Gasteiger partial charge in [0.25, 0.3) is 0 Å². The fourth-order valence-corrected chi connectivity index (χ4v) is 6.93. The lowest BCUT2D eigenvalue weighted by atomic mass is 9.79. The summed E-state index contributed by atoms with van der Waals surface area (Å²) in [5.41, 5.74) is -0.959. The Bertz CT molecular complexity index is 1620. The van der Waals surface area contributed by atoms with Gasteiger partial charge in [-0.25, -0.2) is 8.78 Å². The lowest BCUT2D eigenvalue weighted by molar-refractivity contribution is -0.153. The number of nitrogens with zero attached hydrogens (tertiary/aromatic N) is 3. The smallest absolute Gasteiger partial charge is 0.312 e. The molecule has 0 aromatic heterocycles. The number of nitrogens with one attached hydrogen (secondary N) is 2. The molecule has 2 fully saturated rings. The molecule has 6 rings (SSSR count). The van der Waals surface area contributed by atoms with Crippen LogP contribution in [0.2, 0.25) is 0 Å². The number of nitriles is 1. The Kier molecular flexibility index (Phi) is 7.75. The summed E-state index contributed by atoms with van der Waals surface area (Å²) >= 11 is 0. The zero-order valence-electron chi connectivity index (χ0n) is 25.2. The SMILES string of the molecule is CC(C)C[C@H]1C(=O)N2C[C@]3(C[C@H]2C#N)C(=O)Nc2ccc(cc23)OCCCCN1C(=O)C(=O)NC1(c2ccc(F)cc2F)CC1. The van der Waals surface area contributed by atoms with Crippen LogP contribution in [0, 0.1) is 28.9 Å². The van der Waals surface area contributed by atoms with Crippen LogP contribution < -0.4 is 15.4 Å². The Morgan fingerprint density at radius 1 is 1.13 bits per heavy atom. The fraction of sp³-hybridized carbons (Fsp3) is 0.485. The van der Waals surface area contributed by atoms with Gasteiger partial charge < -0.3 is 25.2 Å². The Morgan fingerprint density at radius 3 is 2.60 bits per heavy atom. The molecule has 2 aromatic rings. The first-order valence-electron chi connectivity index (χ1n) is 15.4. The number of fused-ring (bicyclic) bond motifs is 2. The van der Waals surface area contributed by atoms with Gasteiger partial charge in [0.2, 0.25) is 11.8 Å². The van der Waals surface area contributed by atoms with E-state index in [4.69, 9.17) is 4.74 Å². The molecule has 1 saturated carbocycles. The average molecular weight is 620 g/mol. The van der Waals surface area contributed by atoms with E-state index >= 15 is 0 Å². The first-order valence-corrected chi connectivity index (χ1v) is 15.4. The standard InChI is InChI=1S/C33H35F2N5O5/c1-19(2)13-27-29(42)40-18-32(16-21(40)17-36)24-15-22(6-8-26(24)37-31(32)44)45-12-4-3-11-39(27)30(43)28(41)38-33(9-10-33)23-7-5-20(34)14-25(23)35/h5-8,14-15,19,21,27H,3-4,9-13,16,18H2,1-2H3,(H,37,44)(H,38,41)/t21-,27-,32-/m0/s1. The van der Waals surface area contributed by atoms with Crippen molar-refractivity contribution in [2.45, 2.75) is 75.4 Å². The molecule has 1 saturated heterocycles. The summed E-state index contributed by atoms with van der Waals surface area (Å²) in [7, 11) is 0. The molecule has 0 unspecified atom stereocenters. The molecule has 2 aromatic carbocycles. The van der Waals surface area contributed by atoms with E-state index in [1.165, 1.54) is 15.9 Å². The first kappa shape index (κ1) is 30.5. The van der Waals surface area contributed by atoms with E-state index in [2.05, 4.69) is 16.7 Å². The molecule has 12 heteroatoms. The first-order chi connectivity index (χ1) is 21.5. The van der Waals surface area contributed by atoms with Crippen LogP contribution in [0.5, 0.6) is 5.75 Å². The Hall–Kier alpha value is -4.53. The molecule has 10 nitrogen and oxygen atoms in total. The van der Waals surface area contributed by atoms with E-state index in [1.54, 1.807) is 18.2 Å². The molecule has 4 bridgehead atoms. The number of rotatable bonds is 4. The Balaban J connectivity index is 1.34. The predicted octanol–water partition coefficient (Wildman–Crippen LogP) is 3.50. The van der Waals surface area contributed by atoms with Gasteiger partial charge in [-0.2, -0.15) is 5.26 Å². The topological polar surface area (TPSA) is 132 Å². The quantitative estimate of drug-likeness (QED) is 0.504. The third kappa shape index (κ3) is 5.38. The van der Waals surface area contributed by atoms with E-state index in [1.807, 2.05) is 13.8 Å². The largest absolute Gasteiger partial charge is 0.494 e. The van der Waals surface area contributed by atoms with Crippen molar-refractivity contribution in [3.8, 4) is 11.8 Å². The van der Waals surface area contributed by atoms with Gasteiger partial charge in [0.15, 0.2) is 0 Å². The number of ether oxygens (including phenoxy) is 1. The van der Waals surface area contributed by atoms with Crippen molar-refractivity contribution in [2.75, 3.05) is 25.0 Å². The summed E-state index contributed by atoms with van der Waals surface area (Å²) < 4.78 is 34.2. The van der Waals surface area contributed by atoms with E-state index in [-0.39, 0.29) is 43.3 Å². The number of carbonyl (C=O) groups excluding carboxylic acids is 4. The van der Waals surface area contributed by atoms with Gasteiger partial charge in [-0.3, -0.25) is 19.2 Å². The monoisotopic (exact) mass is 619 g/mol. The van der Waals surface area contributed by atoms with Gasteiger partial charge in [-0.15, -0.1) is 0 Å². The van der Waals surface area contributed by atoms with Crippen molar-refractivity contribution in [1.82, 2.24) is 15.1 Å². The number of hydrogen-bond donors (Lipinski definition) is 2. The minimum atomic E-state index is -1.17. The summed E-state index contributed by atoms with van der Waals surface area (Å²) in [6.45, 7) is 4.06. The summed E-state index contributed by atoms with van der Waals surface area (Å²) in [5.74, 6) is -3.87. The predicted molar refractivity (Wildman–Crippen MR) is 158 cm³/mol. The van der Waals surface area contributed by atoms with E-state index < -0.39 is 52.4 Å². The van der Waals surface area contributed by atoms with Crippen molar-refractivity contribution in [3.05, 3.63) is 59.2 Å². The van der Waals surface area contributed by atoms with Crippen LogP contribution in [0.15, 0.2) is 36.4 Å². The van der Waals surface area contributed by atoms with Gasteiger partial charge >= 0.3 is 11.8 Å². The molecule has 2 N–H and O–H groups in total. The van der Waals surface area contributed by atoms with Crippen molar-refractivity contribution < 1.29 is 32.7 Å². The molecule has 3 aliphatic heterocycles. The van der Waals surface area contributed by atoms with Crippen LogP contribution in [0.1, 0.15) is 63.5 Å². The van der Waals surface area contributed by atoms with Crippen molar-refractivity contribution in [2.24, 2.45) is 5.92 Å². The van der Waals surface area contributed by atoms with Crippen LogP contribution in [-0.2, 0) is 30.1 Å². The second-order valence-corrected chi connectivity index (χ2v) is 12.9. The number of amides is 4. The maximum atomic E-state index is 14.7. The molecule has 3 atom stereocenters. The van der Waals surface area contributed by atoms with Gasteiger partial charge in [0, 0.05) is 36.8 Å². The molecule has 3 heterocycles. The summed E-state index contributed by atoms with van der Waals surface area (Å²) in [4.78, 5) is 58.0. The van der Waals surface area contributed by atoms with Gasteiger partial charge in [0.1, 0.15) is 29.5 Å². The summed E-state index contributed by atoms with van der Waals surface area (Å²) in [6.07, 6.45) is 1.93. The van der Waals surface area contributed by atoms with Crippen molar-refractivity contribution in [3.63, 3.8) is 0 Å². The van der Waals surface area contributed by atoms with Gasteiger partial charge in [0.05, 0.1) is 23.6 Å². The highest BCUT2D eigenvalue weighted by Gasteiger charge is 2.57. The van der Waals surface area contributed by atoms with Crippen molar-refractivity contribution >= 4 is 29.3 Å². The van der Waals surface area contributed by atoms with E-state index in [0.717, 1.165) is 12.1 Å². The second-order valence-electron chi connectivity index (χ2n) is 12.9. The Morgan fingerprint density at radius 2 is 1.91 bits per heavy atom. The van der Waals surface area contributed by atoms with Crippen LogP contribution in [0.25, 0.3) is 0 Å². The zero-order valence-corrected chi connectivity index (χ0v) is 25.2.